The number of rotatable bonds is 3. The van der Waals surface area contributed by atoms with Gasteiger partial charge in [-0.1, -0.05) is 60.7 Å². The molecule has 120 valence electrons. The summed E-state index contributed by atoms with van der Waals surface area (Å²) in [6.07, 6.45) is 0. The van der Waals surface area contributed by atoms with Gasteiger partial charge in [0.2, 0.25) is 5.43 Å². The summed E-state index contributed by atoms with van der Waals surface area (Å²) in [5.41, 5.74) is 1.77. The molecule has 3 rings (SSSR count). The van der Waals surface area contributed by atoms with Crippen LogP contribution in [0.15, 0.2) is 69.9 Å². The maximum absolute atomic E-state index is 12.7. The van der Waals surface area contributed by atoms with Crippen molar-refractivity contribution in [2.45, 2.75) is 0 Å². The second kappa shape index (κ2) is 6.45. The Morgan fingerprint density at radius 3 is 1.83 bits per heavy atom. The highest BCUT2D eigenvalue weighted by molar-refractivity contribution is 9.10. The zero-order valence-electron chi connectivity index (χ0n) is 12.9. The first-order valence-corrected chi connectivity index (χ1v) is 8.08. The highest BCUT2D eigenvalue weighted by Gasteiger charge is 2.24. The van der Waals surface area contributed by atoms with Crippen LogP contribution in [-0.4, -0.2) is 15.6 Å². The minimum atomic E-state index is -1.24. The van der Waals surface area contributed by atoms with Gasteiger partial charge in [0.25, 0.3) is 0 Å². The number of aromatic carboxylic acids is 1. The topological polar surface area (TPSA) is 59.3 Å². The van der Waals surface area contributed by atoms with E-state index in [1.807, 2.05) is 48.5 Å². The molecule has 0 saturated carbocycles. The Morgan fingerprint density at radius 1 is 0.917 bits per heavy atom. The lowest BCUT2D eigenvalue weighted by Gasteiger charge is -2.19. The summed E-state index contributed by atoms with van der Waals surface area (Å²) in [4.78, 5) is 24.4. The number of aromatic nitrogens is 1. The molecule has 0 unspecified atom stereocenters. The van der Waals surface area contributed by atoms with Crippen molar-refractivity contribution in [2.75, 3.05) is 0 Å². The highest BCUT2D eigenvalue weighted by Crippen LogP contribution is 2.32. The molecule has 0 aliphatic heterocycles. The van der Waals surface area contributed by atoms with Crippen LogP contribution in [0.5, 0.6) is 0 Å². The van der Waals surface area contributed by atoms with Crippen LogP contribution in [0.1, 0.15) is 10.4 Å². The largest absolute Gasteiger partial charge is 0.477 e. The van der Waals surface area contributed by atoms with Gasteiger partial charge in [0.15, 0.2) is 0 Å². The maximum atomic E-state index is 12.7. The minimum Gasteiger partial charge on any atom is -0.477 e. The Kier molecular flexibility index (Phi) is 4.36. The van der Waals surface area contributed by atoms with Crippen LogP contribution in [0.4, 0.5) is 0 Å². The molecule has 2 aromatic carbocycles. The third-order valence-electron chi connectivity index (χ3n) is 3.85. The fourth-order valence-electron chi connectivity index (χ4n) is 2.80. The normalized spacial score (nSPS) is 10.6. The number of nitrogens with zero attached hydrogens (tertiary/aromatic N) is 1. The van der Waals surface area contributed by atoms with Crippen LogP contribution in [0.25, 0.3) is 22.5 Å². The number of hydrogen-bond donors (Lipinski definition) is 1. The first-order valence-electron chi connectivity index (χ1n) is 7.29. The summed E-state index contributed by atoms with van der Waals surface area (Å²) >= 11 is 3.30. The van der Waals surface area contributed by atoms with E-state index >= 15 is 0 Å². The Labute approximate surface area is 147 Å². The summed E-state index contributed by atoms with van der Waals surface area (Å²) in [7, 11) is 1.77. The Bertz CT molecular complexity index is 963. The van der Waals surface area contributed by atoms with Gasteiger partial charge in [0.1, 0.15) is 5.56 Å². The predicted molar refractivity (Wildman–Crippen MR) is 97.2 cm³/mol. The zero-order valence-corrected chi connectivity index (χ0v) is 14.4. The van der Waals surface area contributed by atoms with Crippen LogP contribution < -0.4 is 5.43 Å². The highest BCUT2D eigenvalue weighted by atomic mass is 79.9. The number of benzene rings is 2. The average molecular weight is 384 g/mol. The molecule has 3 aromatic rings. The number of carboxylic acids is 1. The van der Waals surface area contributed by atoms with Crippen LogP contribution in [0.2, 0.25) is 0 Å². The molecule has 0 atom stereocenters. The Balaban J connectivity index is 2.46. The SMILES string of the molecule is Cn1c(-c2ccccc2)c(Br)c(=O)c(C(=O)O)c1-c1ccccc1. The van der Waals surface area contributed by atoms with Crippen molar-refractivity contribution < 1.29 is 9.90 Å². The molecule has 0 saturated heterocycles. The summed E-state index contributed by atoms with van der Waals surface area (Å²) < 4.78 is 1.99. The number of carbonyl (C=O) groups is 1. The zero-order chi connectivity index (χ0) is 17.3. The van der Waals surface area contributed by atoms with Crippen molar-refractivity contribution in [3.63, 3.8) is 0 Å². The van der Waals surface area contributed by atoms with Gasteiger partial charge >= 0.3 is 5.97 Å². The molecule has 0 aliphatic carbocycles. The monoisotopic (exact) mass is 383 g/mol. The van der Waals surface area contributed by atoms with E-state index in [0.717, 1.165) is 5.56 Å². The summed E-state index contributed by atoms with van der Waals surface area (Å²) in [6.45, 7) is 0. The second-order valence-corrected chi connectivity index (χ2v) is 6.10. The maximum Gasteiger partial charge on any atom is 0.341 e. The summed E-state index contributed by atoms with van der Waals surface area (Å²) in [5.74, 6) is -1.24. The quantitative estimate of drug-likeness (QED) is 0.737. The third kappa shape index (κ3) is 2.67. The van der Waals surface area contributed by atoms with Crippen molar-refractivity contribution >= 4 is 21.9 Å². The molecule has 0 radical (unpaired) electrons. The van der Waals surface area contributed by atoms with Crippen LogP contribution in [0, 0.1) is 0 Å². The van der Waals surface area contributed by atoms with E-state index in [9.17, 15) is 14.7 Å². The third-order valence-corrected chi connectivity index (χ3v) is 4.59. The van der Waals surface area contributed by atoms with Crippen LogP contribution >= 0.6 is 15.9 Å². The van der Waals surface area contributed by atoms with Gasteiger partial charge in [-0.2, -0.15) is 0 Å². The van der Waals surface area contributed by atoms with E-state index in [0.29, 0.717) is 17.0 Å². The summed E-state index contributed by atoms with van der Waals surface area (Å²) in [5, 5.41) is 9.58. The second-order valence-electron chi connectivity index (χ2n) is 5.31. The number of halogens is 1. The molecule has 0 bridgehead atoms. The number of hydrogen-bond acceptors (Lipinski definition) is 2. The van der Waals surface area contributed by atoms with E-state index in [4.69, 9.17) is 0 Å². The van der Waals surface area contributed by atoms with Crippen molar-refractivity contribution in [2.24, 2.45) is 7.05 Å². The summed E-state index contributed by atoms with van der Waals surface area (Å²) in [6, 6.07) is 18.5. The molecule has 0 fully saturated rings. The molecule has 4 nitrogen and oxygen atoms in total. The molecule has 1 aromatic heterocycles. The lowest BCUT2D eigenvalue weighted by atomic mass is 10.0. The van der Waals surface area contributed by atoms with E-state index in [2.05, 4.69) is 15.9 Å². The molecule has 5 heteroatoms. The molecular formula is C19H14BrNO3. The van der Waals surface area contributed by atoms with E-state index in [-0.39, 0.29) is 10.0 Å². The lowest BCUT2D eigenvalue weighted by molar-refractivity contribution is 0.0695. The fraction of sp³-hybridized carbons (Fsp3) is 0.0526. The molecule has 0 spiro atoms. The molecule has 1 heterocycles. The molecular weight excluding hydrogens is 370 g/mol. The van der Waals surface area contributed by atoms with Gasteiger partial charge in [-0.15, -0.1) is 0 Å². The first kappa shape index (κ1) is 16.2. The van der Waals surface area contributed by atoms with Crippen molar-refractivity contribution in [3.8, 4) is 22.5 Å². The fourth-order valence-corrected chi connectivity index (χ4v) is 3.49. The molecule has 1 N–H and O–H groups in total. The Morgan fingerprint density at radius 2 is 1.38 bits per heavy atom. The van der Waals surface area contributed by atoms with Gasteiger partial charge in [-0.3, -0.25) is 4.79 Å². The van der Waals surface area contributed by atoms with Crippen LogP contribution in [0.3, 0.4) is 0 Å². The van der Waals surface area contributed by atoms with E-state index < -0.39 is 11.4 Å². The lowest BCUT2D eigenvalue weighted by Crippen LogP contribution is -2.22. The van der Waals surface area contributed by atoms with Gasteiger partial charge < -0.3 is 9.67 Å². The van der Waals surface area contributed by atoms with Gasteiger partial charge in [0, 0.05) is 7.05 Å². The van der Waals surface area contributed by atoms with Gasteiger partial charge in [0.05, 0.1) is 15.9 Å². The average Bonchev–Trinajstić information content (AvgIpc) is 2.59. The smallest absolute Gasteiger partial charge is 0.341 e. The van der Waals surface area contributed by atoms with E-state index in [1.165, 1.54) is 0 Å². The predicted octanol–water partition coefficient (Wildman–Crippen LogP) is 4.18. The Hall–Kier alpha value is -2.66. The van der Waals surface area contributed by atoms with Crippen molar-refractivity contribution in [3.05, 3.63) is 80.9 Å². The van der Waals surface area contributed by atoms with Gasteiger partial charge in [-0.25, -0.2) is 4.79 Å². The van der Waals surface area contributed by atoms with Crippen LogP contribution in [-0.2, 0) is 7.05 Å². The molecule has 24 heavy (non-hydrogen) atoms. The standard InChI is InChI=1S/C19H14BrNO3/c1-21-16(12-8-4-2-5-9-12)14(19(23)24)18(22)15(20)17(21)13-10-6-3-7-11-13/h2-11H,1H3,(H,23,24). The van der Waals surface area contributed by atoms with Crippen molar-refractivity contribution in [1.82, 2.24) is 4.57 Å². The number of pyridine rings is 1. The first-order chi connectivity index (χ1) is 11.5. The van der Waals surface area contributed by atoms with Crippen molar-refractivity contribution in [1.29, 1.82) is 0 Å². The van der Waals surface area contributed by atoms with E-state index in [1.54, 1.807) is 23.7 Å². The minimum absolute atomic E-state index is 0.241. The number of carboxylic acid groups (broad SMARTS) is 1. The molecule has 0 amide bonds. The molecule has 0 aliphatic rings. The van der Waals surface area contributed by atoms with Gasteiger partial charge in [-0.05, 0) is 27.1 Å².